The predicted molar refractivity (Wildman–Crippen MR) is 109 cm³/mol. The molecule has 1 fully saturated rings. The zero-order valence-electron chi connectivity index (χ0n) is 15.3. The van der Waals surface area contributed by atoms with Crippen LogP contribution in [0.4, 0.5) is 5.69 Å². The fourth-order valence-electron chi connectivity index (χ4n) is 2.76. The van der Waals surface area contributed by atoms with Crippen molar-refractivity contribution < 1.29 is 14.3 Å². The molecule has 1 heterocycles. The molecule has 2 aromatic carbocycles. The molecule has 1 aliphatic carbocycles. The van der Waals surface area contributed by atoms with E-state index in [2.05, 4.69) is 20.6 Å². The molecular weight excluding hydrogens is 376 g/mol. The number of nitrogens with one attached hydrogen (secondary N) is 3. The minimum atomic E-state index is -0.199. The van der Waals surface area contributed by atoms with Gasteiger partial charge in [0.25, 0.3) is 5.91 Å². The van der Waals surface area contributed by atoms with Crippen LogP contribution in [0.3, 0.4) is 0 Å². The maximum absolute atomic E-state index is 12.4. The molecule has 3 N–H and O–H groups in total. The first-order valence-electron chi connectivity index (χ1n) is 8.98. The van der Waals surface area contributed by atoms with Gasteiger partial charge < -0.3 is 20.4 Å². The molecule has 2 amide bonds. The van der Waals surface area contributed by atoms with Gasteiger partial charge in [0.15, 0.2) is 5.16 Å². The third-order valence-electron chi connectivity index (χ3n) is 4.37. The SMILES string of the molecule is COc1ccc2nc(SCC(=O)Nc3ccccc3C(=O)NC3CC3)[nH]c2c1. The Bertz CT molecular complexity index is 1030. The van der Waals surface area contributed by atoms with Crippen LogP contribution in [0.15, 0.2) is 47.6 Å². The van der Waals surface area contributed by atoms with Gasteiger partial charge in [-0.3, -0.25) is 9.59 Å². The van der Waals surface area contributed by atoms with Crippen LogP contribution in [0.25, 0.3) is 11.0 Å². The van der Waals surface area contributed by atoms with Gasteiger partial charge in [0.1, 0.15) is 5.75 Å². The molecule has 8 heteroatoms. The first-order valence-corrected chi connectivity index (χ1v) is 9.97. The number of thioether (sulfide) groups is 1. The lowest BCUT2D eigenvalue weighted by molar-refractivity contribution is -0.113. The summed E-state index contributed by atoms with van der Waals surface area (Å²) in [6.45, 7) is 0. The normalized spacial score (nSPS) is 13.3. The molecule has 1 saturated carbocycles. The Balaban J connectivity index is 1.39. The molecular formula is C20H20N4O3S. The van der Waals surface area contributed by atoms with Gasteiger partial charge in [-0.2, -0.15) is 0 Å². The van der Waals surface area contributed by atoms with Gasteiger partial charge in [-0.25, -0.2) is 4.98 Å². The van der Waals surface area contributed by atoms with Gasteiger partial charge in [-0.1, -0.05) is 23.9 Å². The van der Waals surface area contributed by atoms with Crippen LogP contribution in [0.5, 0.6) is 5.75 Å². The summed E-state index contributed by atoms with van der Waals surface area (Å²) in [6.07, 6.45) is 2.03. The van der Waals surface area contributed by atoms with Gasteiger partial charge >= 0.3 is 0 Å². The lowest BCUT2D eigenvalue weighted by Crippen LogP contribution is -2.27. The fourth-order valence-corrected chi connectivity index (χ4v) is 3.45. The highest BCUT2D eigenvalue weighted by molar-refractivity contribution is 7.99. The number of para-hydroxylation sites is 1. The quantitative estimate of drug-likeness (QED) is 0.533. The van der Waals surface area contributed by atoms with E-state index in [9.17, 15) is 9.59 Å². The second-order valence-electron chi connectivity index (χ2n) is 6.56. The Morgan fingerprint density at radius 1 is 1.25 bits per heavy atom. The summed E-state index contributed by atoms with van der Waals surface area (Å²) >= 11 is 1.30. The van der Waals surface area contributed by atoms with Crippen molar-refractivity contribution in [3.8, 4) is 5.75 Å². The van der Waals surface area contributed by atoms with E-state index in [1.165, 1.54) is 11.8 Å². The van der Waals surface area contributed by atoms with Crippen molar-refractivity contribution in [3.05, 3.63) is 48.0 Å². The largest absolute Gasteiger partial charge is 0.497 e. The number of methoxy groups -OCH3 is 1. The van der Waals surface area contributed by atoms with Crippen molar-refractivity contribution in [3.63, 3.8) is 0 Å². The van der Waals surface area contributed by atoms with Gasteiger partial charge in [0.05, 0.1) is 35.1 Å². The smallest absolute Gasteiger partial charge is 0.253 e. The summed E-state index contributed by atoms with van der Waals surface area (Å²) in [7, 11) is 1.61. The second-order valence-corrected chi connectivity index (χ2v) is 7.52. The van der Waals surface area contributed by atoms with Crippen molar-refractivity contribution in [1.82, 2.24) is 15.3 Å². The summed E-state index contributed by atoms with van der Waals surface area (Å²) in [5.41, 5.74) is 2.65. The third-order valence-corrected chi connectivity index (χ3v) is 5.24. The number of hydrogen-bond donors (Lipinski definition) is 3. The highest BCUT2D eigenvalue weighted by atomic mass is 32.2. The van der Waals surface area contributed by atoms with Crippen LogP contribution in [0, 0.1) is 0 Å². The Morgan fingerprint density at radius 3 is 2.86 bits per heavy atom. The van der Waals surface area contributed by atoms with Crippen LogP contribution < -0.4 is 15.4 Å². The highest BCUT2D eigenvalue weighted by Gasteiger charge is 2.25. The molecule has 0 atom stereocenters. The van der Waals surface area contributed by atoms with Crippen molar-refractivity contribution in [2.75, 3.05) is 18.2 Å². The number of amides is 2. The van der Waals surface area contributed by atoms with Gasteiger partial charge in [0, 0.05) is 12.1 Å². The molecule has 0 spiro atoms. The number of benzene rings is 2. The minimum absolute atomic E-state index is 0.155. The number of fused-ring (bicyclic) bond motifs is 1. The average molecular weight is 396 g/mol. The topological polar surface area (TPSA) is 96.1 Å². The number of carbonyl (C=O) groups excluding carboxylic acids is 2. The first-order chi connectivity index (χ1) is 13.6. The molecule has 4 rings (SSSR count). The number of imidazole rings is 1. The summed E-state index contributed by atoms with van der Waals surface area (Å²) in [5, 5.41) is 6.42. The number of rotatable bonds is 7. The maximum Gasteiger partial charge on any atom is 0.253 e. The number of ether oxygens (including phenoxy) is 1. The van der Waals surface area contributed by atoms with E-state index in [-0.39, 0.29) is 23.6 Å². The zero-order valence-corrected chi connectivity index (χ0v) is 16.1. The molecule has 7 nitrogen and oxygen atoms in total. The third kappa shape index (κ3) is 4.28. The maximum atomic E-state index is 12.4. The number of aromatic nitrogens is 2. The van der Waals surface area contributed by atoms with Crippen molar-refractivity contribution >= 4 is 40.3 Å². The molecule has 1 aliphatic rings. The van der Waals surface area contributed by atoms with Crippen molar-refractivity contribution in [2.24, 2.45) is 0 Å². The van der Waals surface area contributed by atoms with Gasteiger partial charge in [-0.05, 0) is 37.1 Å². The van der Waals surface area contributed by atoms with Crippen molar-refractivity contribution in [2.45, 2.75) is 24.0 Å². The Labute approximate surface area is 166 Å². The standard InChI is InChI=1S/C20H20N4O3S/c1-27-13-8-9-16-17(10-13)24-20(23-16)28-11-18(25)22-15-5-3-2-4-14(15)19(26)21-12-6-7-12/h2-5,8-10,12H,6-7,11H2,1H3,(H,21,26)(H,22,25)(H,23,24). The number of aromatic amines is 1. The van der Waals surface area contributed by atoms with Gasteiger partial charge in [0.2, 0.25) is 5.91 Å². The van der Waals surface area contributed by atoms with E-state index < -0.39 is 0 Å². The van der Waals surface area contributed by atoms with Crippen molar-refractivity contribution in [1.29, 1.82) is 0 Å². The Kier molecular flexibility index (Phi) is 5.21. The summed E-state index contributed by atoms with van der Waals surface area (Å²) in [4.78, 5) is 32.4. The Hall–Kier alpha value is -3.00. The monoisotopic (exact) mass is 396 g/mol. The predicted octanol–water partition coefficient (Wildman–Crippen LogP) is 3.19. The molecule has 0 saturated heterocycles. The number of hydrogen-bond acceptors (Lipinski definition) is 5. The van der Waals surface area contributed by atoms with E-state index >= 15 is 0 Å². The van der Waals surface area contributed by atoms with Crippen LogP contribution in [-0.2, 0) is 4.79 Å². The van der Waals surface area contributed by atoms with Crippen LogP contribution in [0.1, 0.15) is 23.2 Å². The molecule has 0 aliphatic heterocycles. The van der Waals surface area contributed by atoms with Crippen LogP contribution in [-0.4, -0.2) is 40.7 Å². The van der Waals surface area contributed by atoms with E-state index in [4.69, 9.17) is 4.74 Å². The molecule has 0 radical (unpaired) electrons. The summed E-state index contributed by atoms with van der Waals surface area (Å²) in [5.74, 6) is 0.564. The number of nitrogens with zero attached hydrogens (tertiary/aromatic N) is 1. The number of carbonyl (C=O) groups is 2. The van der Waals surface area contributed by atoms with Crippen LogP contribution >= 0.6 is 11.8 Å². The summed E-state index contributed by atoms with van der Waals surface area (Å²) in [6, 6.07) is 12.9. The molecule has 0 unspecified atom stereocenters. The molecule has 144 valence electrons. The minimum Gasteiger partial charge on any atom is -0.497 e. The van der Waals surface area contributed by atoms with Crippen LogP contribution in [0.2, 0.25) is 0 Å². The lowest BCUT2D eigenvalue weighted by atomic mass is 10.1. The number of anilines is 1. The van der Waals surface area contributed by atoms with E-state index in [1.54, 1.807) is 31.4 Å². The molecule has 28 heavy (non-hydrogen) atoms. The molecule has 3 aromatic rings. The van der Waals surface area contributed by atoms with E-state index in [0.29, 0.717) is 16.4 Å². The molecule has 0 bridgehead atoms. The summed E-state index contributed by atoms with van der Waals surface area (Å²) < 4.78 is 5.20. The first kappa shape index (κ1) is 18.4. The fraction of sp³-hybridized carbons (Fsp3) is 0.250. The van der Waals surface area contributed by atoms with E-state index in [0.717, 1.165) is 29.6 Å². The highest BCUT2D eigenvalue weighted by Crippen LogP contribution is 2.24. The molecule has 1 aromatic heterocycles. The average Bonchev–Trinajstić information content (AvgIpc) is 3.42. The number of H-pyrrole nitrogens is 1. The Morgan fingerprint density at radius 2 is 2.07 bits per heavy atom. The van der Waals surface area contributed by atoms with E-state index in [1.807, 2.05) is 18.2 Å². The zero-order chi connectivity index (χ0) is 19.5. The second kappa shape index (κ2) is 7.93. The lowest BCUT2D eigenvalue weighted by Gasteiger charge is -2.10. The van der Waals surface area contributed by atoms with Gasteiger partial charge in [-0.15, -0.1) is 0 Å².